The van der Waals surface area contributed by atoms with E-state index in [2.05, 4.69) is 36.7 Å². The van der Waals surface area contributed by atoms with Crippen molar-refractivity contribution in [1.29, 1.82) is 0 Å². The average molecular weight is 305 g/mol. The molecular formula is C16H33Br. The fourth-order valence-electron chi connectivity index (χ4n) is 2.16. The Morgan fingerprint density at radius 1 is 0.706 bits per heavy atom. The van der Waals surface area contributed by atoms with E-state index in [1.165, 1.54) is 77.0 Å². The third-order valence-electron chi connectivity index (χ3n) is 3.79. The Labute approximate surface area is 118 Å². The van der Waals surface area contributed by atoms with Crippen molar-refractivity contribution in [3.8, 4) is 0 Å². The van der Waals surface area contributed by atoms with Gasteiger partial charge in [0.25, 0.3) is 0 Å². The molecule has 1 heteroatoms. The highest BCUT2D eigenvalue weighted by atomic mass is 79.9. The minimum absolute atomic E-state index is 0.396. The zero-order valence-corrected chi connectivity index (χ0v) is 13.9. The lowest BCUT2D eigenvalue weighted by Crippen LogP contribution is -2.13. The predicted octanol–water partition coefficient (Wildman–Crippen LogP) is 6.86. The van der Waals surface area contributed by atoms with Gasteiger partial charge in [-0.15, -0.1) is 0 Å². The van der Waals surface area contributed by atoms with E-state index in [0.29, 0.717) is 4.32 Å². The van der Waals surface area contributed by atoms with Gasteiger partial charge in [0.2, 0.25) is 0 Å². The Balaban J connectivity index is 3.09. The Kier molecular flexibility index (Phi) is 11.9. The Hall–Kier alpha value is 0.480. The molecule has 0 bridgehead atoms. The first kappa shape index (κ1) is 17.5. The molecule has 0 saturated carbocycles. The molecule has 0 aliphatic heterocycles. The van der Waals surface area contributed by atoms with E-state index in [4.69, 9.17) is 0 Å². The van der Waals surface area contributed by atoms with E-state index in [9.17, 15) is 0 Å². The number of unbranched alkanes of at least 4 members (excludes halogenated alkanes) is 9. The molecule has 0 radical (unpaired) electrons. The summed E-state index contributed by atoms with van der Waals surface area (Å²) in [5.41, 5.74) is 0. The molecule has 0 saturated heterocycles. The first-order valence-corrected chi connectivity index (χ1v) is 8.60. The van der Waals surface area contributed by atoms with Crippen LogP contribution in [0.4, 0.5) is 0 Å². The summed E-state index contributed by atoms with van der Waals surface area (Å²) in [7, 11) is 0. The van der Waals surface area contributed by atoms with E-state index >= 15 is 0 Å². The van der Waals surface area contributed by atoms with Crippen LogP contribution in [0.15, 0.2) is 0 Å². The summed E-state index contributed by atoms with van der Waals surface area (Å²) in [5, 5.41) is 0. The first-order valence-electron chi connectivity index (χ1n) is 7.81. The molecule has 0 fully saturated rings. The topological polar surface area (TPSA) is 0 Å². The normalized spacial score (nSPS) is 14.8. The predicted molar refractivity (Wildman–Crippen MR) is 84.1 cm³/mol. The molecule has 0 rings (SSSR count). The second-order valence-corrected chi connectivity index (χ2v) is 7.61. The molecule has 1 unspecified atom stereocenters. The minimum Gasteiger partial charge on any atom is -0.0856 e. The molecule has 0 heterocycles. The lowest BCUT2D eigenvalue weighted by Gasteiger charge is -2.19. The van der Waals surface area contributed by atoms with Gasteiger partial charge in [-0.25, -0.2) is 0 Å². The SMILES string of the molecule is CCCCCCCCCCCCC(C)(Br)CC. The minimum atomic E-state index is 0.396. The van der Waals surface area contributed by atoms with Gasteiger partial charge in [-0.2, -0.15) is 0 Å². The largest absolute Gasteiger partial charge is 0.0856 e. The van der Waals surface area contributed by atoms with Gasteiger partial charge in [0.15, 0.2) is 0 Å². The van der Waals surface area contributed by atoms with Gasteiger partial charge in [-0.1, -0.05) is 94.0 Å². The average Bonchev–Trinajstić information content (AvgIpc) is 2.31. The molecule has 0 nitrogen and oxygen atoms in total. The van der Waals surface area contributed by atoms with Gasteiger partial charge in [0.05, 0.1) is 0 Å². The number of rotatable bonds is 12. The zero-order chi connectivity index (χ0) is 13.0. The van der Waals surface area contributed by atoms with Gasteiger partial charge in [-0.3, -0.25) is 0 Å². The smallest absolute Gasteiger partial charge is 0.0227 e. The quantitative estimate of drug-likeness (QED) is 0.273. The van der Waals surface area contributed by atoms with Crippen molar-refractivity contribution in [2.24, 2.45) is 0 Å². The third kappa shape index (κ3) is 12.7. The molecule has 0 aromatic carbocycles. The van der Waals surface area contributed by atoms with Crippen molar-refractivity contribution >= 4 is 15.9 Å². The van der Waals surface area contributed by atoms with Crippen LogP contribution >= 0.6 is 15.9 Å². The molecule has 0 aliphatic rings. The van der Waals surface area contributed by atoms with Gasteiger partial charge in [0.1, 0.15) is 0 Å². The Morgan fingerprint density at radius 3 is 1.53 bits per heavy atom. The summed E-state index contributed by atoms with van der Waals surface area (Å²) in [6.45, 7) is 6.87. The van der Waals surface area contributed by atoms with Crippen LogP contribution in [0.2, 0.25) is 0 Å². The maximum atomic E-state index is 3.80. The summed E-state index contributed by atoms with van der Waals surface area (Å²) < 4.78 is 0.396. The number of halogens is 1. The molecule has 17 heavy (non-hydrogen) atoms. The molecule has 0 N–H and O–H groups in total. The second kappa shape index (κ2) is 11.6. The number of alkyl halides is 1. The summed E-state index contributed by atoms with van der Waals surface area (Å²) >= 11 is 3.80. The van der Waals surface area contributed by atoms with Gasteiger partial charge < -0.3 is 0 Å². The van der Waals surface area contributed by atoms with Crippen molar-refractivity contribution in [2.45, 2.75) is 102 Å². The van der Waals surface area contributed by atoms with Crippen LogP contribution in [0.5, 0.6) is 0 Å². The molecule has 0 spiro atoms. The van der Waals surface area contributed by atoms with Crippen LogP contribution in [-0.2, 0) is 0 Å². The van der Waals surface area contributed by atoms with Crippen LogP contribution in [0, 0.1) is 0 Å². The molecule has 104 valence electrons. The van der Waals surface area contributed by atoms with Crippen LogP contribution in [0.3, 0.4) is 0 Å². The lowest BCUT2D eigenvalue weighted by molar-refractivity contribution is 0.507. The Bertz CT molecular complexity index is 152. The molecule has 0 aromatic heterocycles. The van der Waals surface area contributed by atoms with Crippen molar-refractivity contribution in [2.75, 3.05) is 0 Å². The monoisotopic (exact) mass is 304 g/mol. The van der Waals surface area contributed by atoms with E-state index in [1.54, 1.807) is 0 Å². The van der Waals surface area contributed by atoms with Crippen molar-refractivity contribution in [3.05, 3.63) is 0 Å². The van der Waals surface area contributed by atoms with Crippen LogP contribution in [0.25, 0.3) is 0 Å². The summed E-state index contributed by atoms with van der Waals surface area (Å²) in [6.07, 6.45) is 16.9. The highest BCUT2D eigenvalue weighted by Gasteiger charge is 2.15. The van der Waals surface area contributed by atoms with Gasteiger partial charge >= 0.3 is 0 Å². The fraction of sp³-hybridized carbons (Fsp3) is 1.00. The second-order valence-electron chi connectivity index (χ2n) is 5.70. The molecular weight excluding hydrogens is 272 g/mol. The summed E-state index contributed by atoms with van der Waals surface area (Å²) in [6, 6.07) is 0. The molecule has 0 aromatic rings. The zero-order valence-electron chi connectivity index (χ0n) is 12.4. The van der Waals surface area contributed by atoms with Crippen LogP contribution < -0.4 is 0 Å². The van der Waals surface area contributed by atoms with Gasteiger partial charge in [0, 0.05) is 4.32 Å². The van der Waals surface area contributed by atoms with Crippen molar-refractivity contribution < 1.29 is 0 Å². The lowest BCUT2D eigenvalue weighted by atomic mass is 9.99. The molecule has 0 amide bonds. The summed E-state index contributed by atoms with van der Waals surface area (Å²) in [5.74, 6) is 0. The van der Waals surface area contributed by atoms with E-state index in [1.807, 2.05) is 0 Å². The number of hydrogen-bond donors (Lipinski definition) is 0. The Morgan fingerprint density at radius 2 is 1.12 bits per heavy atom. The van der Waals surface area contributed by atoms with Crippen LogP contribution in [0.1, 0.15) is 97.8 Å². The third-order valence-corrected chi connectivity index (χ3v) is 4.75. The van der Waals surface area contributed by atoms with E-state index in [-0.39, 0.29) is 0 Å². The highest BCUT2D eigenvalue weighted by Crippen LogP contribution is 2.28. The molecule has 1 atom stereocenters. The maximum Gasteiger partial charge on any atom is 0.0227 e. The number of hydrogen-bond acceptors (Lipinski definition) is 0. The van der Waals surface area contributed by atoms with E-state index in [0.717, 1.165) is 0 Å². The van der Waals surface area contributed by atoms with Crippen molar-refractivity contribution in [3.63, 3.8) is 0 Å². The van der Waals surface area contributed by atoms with Gasteiger partial charge in [-0.05, 0) is 19.8 Å². The highest BCUT2D eigenvalue weighted by molar-refractivity contribution is 9.10. The maximum absolute atomic E-state index is 3.80. The standard InChI is InChI=1S/C16H33Br/c1-4-6-7-8-9-10-11-12-13-14-15-16(3,17)5-2/h4-15H2,1-3H3. The molecule has 0 aliphatic carbocycles. The van der Waals surface area contributed by atoms with Crippen LogP contribution in [-0.4, -0.2) is 4.32 Å². The van der Waals surface area contributed by atoms with Crippen molar-refractivity contribution in [1.82, 2.24) is 0 Å². The van der Waals surface area contributed by atoms with E-state index < -0.39 is 0 Å². The summed E-state index contributed by atoms with van der Waals surface area (Å²) in [4.78, 5) is 0. The fourth-order valence-corrected chi connectivity index (χ4v) is 2.44. The first-order chi connectivity index (χ1) is 8.12.